The Bertz CT molecular complexity index is 360. The molecule has 1 fully saturated rings. The van der Waals surface area contributed by atoms with Crippen LogP contribution in [0.4, 0.5) is 0 Å². The third-order valence-electron chi connectivity index (χ3n) is 2.70. The second-order valence-electron chi connectivity index (χ2n) is 4.06. The first-order valence-electron chi connectivity index (χ1n) is 5.07. The quantitative estimate of drug-likeness (QED) is 0.764. The smallest absolute Gasteiger partial charge is 0.177 e. The molecule has 4 heteroatoms. The van der Waals surface area contributed by atoms with E-state index in [1.54, 1.807) is 0 Å². The minimum Gasteiger partial charge on any atom is -0.379 e. The SMILES string of the molecule is CC(C)c1c[nH]c(=S)n1C1CCOC1. The van der Waals surface area contributed by atoms with Crippen molar-refractivity contribution in [3.05, 3.63) is 16.7 Å². The molecule has 1 saturated heterocycles. The van der Waals surface area contributed by atoms with Gasteiger partial charge in [-0.2, -0.15) is 0 Å². The van der Waals surface area contributed by atoms with Crippen molar-refractivity contribution in [2.45, 2.75) is 32.2 Å². The number of nitrogens with zero attached hydrogens (tertiary/aromatic N) is 1. The third-order valence-corrected chi connectivity index (χ3v) is 3.02. The standard InChI is InChI=1S/C10H16N2OS/c1-7(2)9-5-11-10(14)12(9)8-3-4-13-6-8/h5,7-8H,3-4,6H2,1-2H3,(H,11,14). The fourth-order valence-electron chi connectivity index (χ4n) is 1.94. The second kappa shape index (κ2) is 3.87. The maximum atomic E-state index is 5.39. The van der Waals surface area contributed by atoms with Crippen molar-refractivity contribution in [3.8, 4) is 0 Å². The number of hydrogen-bond donors (Lipinski definition) is 1. The molecule has 0 spiro atoms. The highest BCUT2D eigenvalue weighted by atomic mass is 32.1. The van der Waals surface area contributed by atoms with E-state index in [-0.39, 0.29) is 0 Å². The lowest BCUT2D eigenvalue weighted by Crippen LogP contribution is -2.12. The highest BCUT2D eigenvalue weighted by Crippen LogP contribution is 2.25. The molecule has 0 saturated carbocycles. The van der Waals surface area contributed by atoms with Crippen molar-refractivity contribution >= 4 is 12.2 Å². The molecule has 0 radical (unpaired) electrons. The summed E-state index contributed by atoms with van der Waals surface area (Å²) in [6, 6.07) is 0.436. The molecular weight excluding hydrogens is 196 g/mol. The van der Waals surface area contributed by atoms with E-state index in [0.29, 0.717) is 12.0 Å². The predicted molar refractivity (Wildman–Crippen MR) is 58.2 cm³/mol. The topological polar surface area (TPSA) is 29.9 Å². The Morgan fingerprint density at radius 3 is 3.00 bits per heavy atom. The Morgan fingerprint density at radius 1 is 1.64 bits per heavy atom. The van der Waals surface area contributed by atoms with E-state index >= 15 is 0 Å². The van der Waals surface area contributed by atoms with Gasteiger partial charge in [0.05, 0.1) is 12.6 Å². The zero-order valence-corrected chi connectivity index (χ0v) is 9.43. The number of ether oxygens (including phenoxy) is 1. The van der Waals surface area contributed by atoms with Crippen molar-refractivity contribution in [2.75, 3.05) is 13.2 Å². The van der Waals surface area contributed by atoms with E-state index < -0.39 is 0 Å². The van der Waals surface area contributed by atoms with Gasteiger partial charge in [-0.25, -0.2) is 0 Å². The van der Waals surface area contributed by atoms with Gasteiger partial charge in [0.15, 0.2) is 4.77 Å². The van der Waals surface area contributed by atoms with E-state index in [2.05, 4.69) is 23.4 Å². The zero-order valence-electron chi connectivity index (χ0n) is 8.62. The Hall–Kier alpha value is -0.610. The van der Waals surface area contributed by atoms with Gasteiger partial charge in [-0.15, -0.1) is 0 Å². The highest BCUT2D eigenvalue weighted by Gasteiger charge is 2.21. The lowest BCUT2D eigenvalue weighted by molar-refractivity contribution is 0.186. The van der Waals surface area contributed by atoms with Crippen LogP contribution in [0.25, 0.3) is 0 Å². The molecule has 1 atom stereocenters. The largest absolute Gasteiger partial charge is 0.379 e. The van der Waals surface area contributed by atoms with E-state index in [1.165, 1.54) is 5.69 Å². The fraction of sp³-hybridized carbons (Fsp3) is 0.700. The average molecular weight is 212 g/mol. The monoisotopic (exact) mass is 212 g/mol. The average Bonchev–Trinajstić information content (AvgIpc) is 2.71. The van der Waals surface area contributed by atoms with Crippen molar-refractivity contribution in [1.29, 1.82) is 0 Å². The third kappa shape index (κ3) is 1.64. The number of hydrogen-bond acceptors (Lipinski definition) is 2. The molecule has 1 aromatic heterocycles. The van der Waals surface area contributed by atoms with Gasteiger partial charge in [0.1, 0.15) is 0 Å². The summed E-state index contributed by atoms with van der Waals surface area (Å²) in [6.45, 7) is 6.02. The molecule has 0 aliphatic carbocycles. The maximum Gasteiger partial charge on any atom is 0.177 e. The van der Waals surface area contributed by atoms with Crippen molar-refractivity contribution in [3.63, 3.8) is 0 Å². The molecule has 1 aliphatic rings. The number of imidazole rings is 1. The fourth-order valence-corrected chi connectivity index (χ4v) is 2.25. The summed E-state index contributed by atoms with van der Waals surface area (Å²) in [5.74, 6) is 0.503. The van der Waals surface area contributed by atoms with Gasteiger partial charge in [0, 0.05) is 18.5 Å². The number of aromatic amines is 1. The van der Waals surface area contributed by atoms with Gasteiger partial charge in [-0.3, -0.25) is 0 Å². The molecule has 78 valence electrons. The van der Waals surface area contributed by atoms with Crippen LogP contribution in [-0.4, -0.2) is 22.8 Å². The molecule has 1 unspecified atom stereocenters. The van der Waals surface area contributed by atoms with Crippen LogP contribution in [-0.2, 0) is 4.74 Å². The van der Waals surface area contributed by atoms with Gasteiger partial charge in [-0.05, 0) is 24.6 Å². The van der Waals surface area contributed by atoms with Gasteiger partial charge in [-0.1, -0.05) is 13.8 Å². The summed E-state index contributed by atoms with van der Waals surface area (Å²) in [6.07, 6.45) is 3.09. The lowest BCUT2D eigenvalue weighted by atomic mass is 10.1. The van der Waals surface area contributed by atoms with Gasteiger partial charge < -0.3 is 14.3 Å². The van der Waals surface area contributed by atoms with Crippen LogP contribution in [0.3, 0.4) is 0 Å². The molecule has 1 aromatic rings. The maximum absolute atomic E-state index is 5.39. The van der Waals surface area contributed by atoms with E-state index in [1.807, 2.05) is 6.20 Å². The molecule has 0 amide bonds. The number of nitrogens with one attached hydrogen (secondary N) is 1. The van der Waals surface area contributed by atoms with Crippen molar-refractivity contribution < 1.29 is 4.74 Å². The van der Waals surface area contributed by atoms with Gasteiger partial charge in [0.2, 0.25) is 0 Å². The zero-order chi connectivity index (χ0) is 10.1. The van der Waals surface area contributed by atoms with Gasteiger partial charge >= 0.3 is 0 Å². The van der Waals surface area contributed by atoms with Crippen LogP contribution in [0.15, 0.2) is 6.20 Å². The van der Waals surface area contributed by atoms with Crippen molar-refractivity contribution in [2.24, 2.45) is 0 Å². The highest BCUT2D eigenvalue weighted by molar-refractivity contribution is 7.71. The second-order valence-corrected chi connectivity index (χ2v) is 4.45. The van der Waals surface area contributed by atoms with E-state index in [4.69, 9.17) is 17.0 Å². The van der Waals surface area contributed by atoms with Crippen LogP contribution in [0.5, 0.6) is 0 Å². The van der Waals surface area contributed by atoms with Crippen LogP contribution in [0.1, 0.15) is 37.9 Å². The molecule has 14 heavy (non-hydrogen) atoms. The Balaban J connectivity index is 2.38. The van der Waals surface area contributed by atoms with Crippen LogP contribution >= 0.6 is 12.2 Å². The summed E-state index contributed by atoms with van der Waals surface area (Å²) in [5, 5.41) is 0. The molecule has 0 bridgehead atoms. The van der Waals surface area contributed by atoms with Crippen LogP contribution in [0.2, 0.25) is 0 Å². The summed E-state index contributed by atoms with van der Waals surface area (Å²) in [7, 11) is 0. The van der Waals surface area contributed by atoms with E-state index in [0.717, 1.165) is 24.4 Å². The minimum absolute atomic E-state index is 0.436. The number of aromatic nitrogens is 2. The van der Waals surface area contributed by atoms with Crippen LogP contribution < -0.4 is 0 Å². The molecule has 1 N–H and O–H groups in total. The molecule has 3 nitrogen and oxygen atoms in total. The minimum atomic E-state index is 0.436. The summed E-state index contributed by atoms with van der Waals surface area (Å²) < 4.78 is 8.43. The molecular formula is C10H16N2OS. The summed E-state index contributed by atoms with van der Waals surface area (Å²) in [4.78, 5) is 3.12. The predicted octanol–water partition coefficient (Wildman–Crippen LogP) is 2.63. The summed E-state index contributed by atoms with van der Waals surface area (Å²) >= 11 is 5.28. The van der Waals surface area contributed by atoms with E-state index in [9.17, 15) is 0 Å². The Labute approximate surface area is 89.1 Å². The first-order valence-corrected chi connectivity index (χ1v) is 5.48. The lowest BCUT2D eigenvalue weighted by Gasteiger charge is -2.15. The molecule has 1 aliphatic heterocycles. The Morgan fingerprint density at radius 2 is 2.43 bits per heavy atom. The molecule has 2 heterocycles. The van der Waals surface area contributed by atoms with Crippen LogP contribution in [0, 0.1) is 4.77 Å². The molecule has 0 aromatic carbocycles. The van der Waals surface area contributed by atoms with Gasteiger partial charge in [0.25, 0.3) is 0 Å². The first kappa shape index (κ1) is 9.93. The first-order chi connectivity index (χ1) is 6.70. The Kier molecular flexibility index (Phi) is 2.74. The molecule has 2 rings (SSSR count). The normalized spacial score (nSPS) is 22.1. The number of rotatable bonds is 2. The van der Waals surface area contributed by atoms with Crippen molar-refractivity contribution in [1.82, 2.24) is 9.55 Å². The number of H-pyrrole nitrogens is 1. The summed E-state index contributed by atoms with van der Waals surface area (Å²) in [5.41, 5.74) is 1.28.